The van der Waals surface area contributed by atoms with E-state index in [0.717, 1.165) is 44.3 Å². The van der Waals surface area contributed by atoms with Crippen LogP contribution < -0.4 is 0 Å². The van der Waals surface area contributed by atoms with E-state index in [-0.39, 0.29) is 28.8 Å². The van der Waals surface area contributed by atoms with E-state index in [1.54, 1.807) is 6.20 Å². The van der Waals surface area contributed by atoms with Crippen molar-refractivity contribution in [1.82, 2.24) is 4.90 Å². The van der Waals surface area contributed by atoms with Crippen molar-refractivity contribution in [2.24, 2.45) is 22.7 Å². The van der Waals surface area contributed by atoms with Gasteiger partial charge in [0.1, 0.15) is 6.10 Å². The SMILES string of the molecule is CC[C@H]1OC(=O)/C(=C/N2CCCC2)C2=C(O)C(=O)C3=C([C@H](C)C[C@]4(C)[C@@H](O)CC[C@@H]34)[C@]21C. The van der Waals surface area contributed by atoms with Crippen molar-refractivity contribution in [3.05, 3.63) is 34.3 Å². The van der Waals surface area contributed by atoms with E-state index in [2.05, 4.69) is 18.7 Å². The second kappa shape index (κ2) is 7.21. The summed E-state index contributed by atoms with van der Waals surface area (Å²) in [7, 11) is 0. The highest BCUT2D eigenvalue weighted by atomic mass is 16.5. The Kier molecular flexibility index (Phi) is 4.90. The van der Waals surface area contributed by atoms with Gasteiger partial charge < -0.3 is 19.8 Å². The molecule has 174 valence electrons. The van der Waals surface area contributed by atoms with Crippen molar-refractivity contribution in [1.29, 1.82) is 0 Å². The number of carbonyl (C=O) groups excluding carboxylic acids is 2. The zero-order chi connectivity index (χ0) is 23.0. The van der Waals surface area contributed by atoms with Crippen LogP contribution >= 0.6 is 0 Å². The Labute approximate surface area is 190 Å². The molecule has 2 heterocycles. The number of aliphatic hydroxyl groups is 2. The van der Waals surface area contributed by atoms with E-state index in [4.69, 9.17) is 4.74 Å². The van der Waals surface area contributed by atoms with Gasteiger partial charge in [0.2, 0.25) is 5.78 Å². The number of Topliss-reactive ketones (excluding diaryl/α,β-unsaturated/α-hetero) is 1. The molecule has 1 saturated carbocycles. The lowest BCUT2D eigenvalue weighted by atomic mass is 9.51. The molecule has 5 aliphatic rings. The van der Waals surface area contributed by atoms with Crippen LogP contribution in [0, 0.1) is 22.7 Å². The number of nitrogens with zero attached hydrogens (tertiary/aromatic N) is 1. The topological polar surface area (TPSA) is 87.1 Å². The predicted molar refractivity (Wildman–Crippen MR) is 119 cm³/mol. The van der Waals surface area contributed by atoms with Gasteiger partial charge in [-0.25, -0.2) is 4.79 Å². The molecule has 0 aromatic rings. The van der Waals surface area contributed by atoms with Crippen LogP contribution in [-0.2, 0) is 14.3 Å². The first-order chi connectivity index (χ1) is 15.1. The van der Waals surface area contributed by atoms with Gasteiger partial charge in [-0.2, -0.15) is 0 Å². The lowest BCUT2D eigenvalue weighted by Crippen LogP contribution is -2.54. The minimum Gasteiger partial charge on any atom is -0.504 e. The monoisotopic (exact) mass is 441 g/mol. The minimum atomic E-state index is -0.754. The summed E-state index contributed by atoms with van der Waals surface area (Å²) in [6.07, 6.45) is 5.81. The largest absolute Gasteiger partial charge is 0.504 e. The second-order valence-electron chi connectivity index (χ2n) is 10.9. The van der Waals surface area contributed by atoms with Crippen LogP contribution in [0.2, 0.25) is 0 Å². The highest BCUT2D eigenvalue weighted by Gasteiger charge is 2.62. The molecule has 0 bridgehead atoms. The van der Waals surface area contributed by atoms with Crippen molar-refractivity contribution in [2.45, 2.75) is 78.4 Å². The fraction of sp³-hybridized carbons (Fsp3) is 0.692. The Morgan fingerprint density at radius 2 is 1.88 bits per heavy atom. The molecule has 32 heavy (non-hydrogen) atoms. The number of allylic oxidation sites excluding steroid dienone is 1. The maximum Gasteiger partial charge on any atom is 0.340 e. The molecule has 0 aromatic heterocycles. The molecule has 0 unspecified atom stereocenters. The van der Waals surface area contributed by atoms with Crippen molar-refractivity contribution in [3.63, 3.8) is 0 Å². The first-order valence-electron chi connectivity index (χ1n) is 12.2. The second-order valence-corrected chi connectivity index (χ2v) is 10.9. The third-order valence-electron chi connectivity index (χ3n) is 9.14. The highest BCUT2D eigenvalue weighted by Crippen LogP contribution is 2.64. The van der Waals surface area contributed by atoms with Crippen molar-refractivity contribution >= 4 is 11.8 Å². The standard InChI is InChI=1S/C26H35NO5/c1-5-18-26(4)20-14(2)12-25(3)16(8-9-17(25)28)19(20)22(29)23(30)21(26)15(24(31)32-18)13-27-10-6-7-11-27/h13-14,16-18,28,30H,5-12H2,1-4H3/b15-13+/t14-,16+,17+,18-,25+,26-/m1/s1. The molecule has 0 aromatic carbocycles. The fourth-order valence-corrected chi connectivity index (χ4v) is 7.69. The third-order valence-corrected chi connectivity index (χ3v) is 9.14. The van der Waals surface area contributed by atoms with Crippen LogP contribution in [0.5, 0.6) is 0 Å². The summed E-state index contributed by atoms with van der Waals surface area (Å²) in [6.45, 7) is 9.94. The van der Waals surface area contributed by atoms with E-state index in [9.17, 15) is 19.8 Å². The van der Waals surface area contributed by atoms with Crippen LogP contribution in [0.25, 0.3) is 0 Å². The molecular formula is C26H35NO5. The number of hydrogen-bond donors (Lipinski definition) is 2. The quantitative estimate of drug-likeness (QED) is 0.500. The number of carbonyl (C=O) groups is 2. The first kappa shape index (κ1) is 21.7. The van der Waals surface area contributed by atoms with Crippen molar-refractivity contribution in [2.75, 3.05) is 13.1 Å². The zero-order valence-corrected chi connectivity index (χ0v) is 19.6. The minimum absolute atomic E-state index is 0.0370. The molecular weight excluding hydrogens is 406 g/mol. The summed E-state index contributed by atoms with van der Waals surface area (Å²) in [6, 6.07) is 0. The Balaban J connectivity index is 1.73. The number of likely N-dealkylation sites (tertiary alicyclic amines) is 1. The molecule has 0 spiro atoms. The molecule has 3 fully saturated rings. The van der Waals surface area contributed by atoms with Gasteiger partial charge in [0, 0.05) is 35.9 Å². The molecule has 0 radical (unpaired) electrons. The molecule has 6 heteroatoms. The smallest absolute Gasteiger partial charge is 0.340 e. The summed E-state index contributed by atoms with van der Waals surface area (Å²) in [4.78, 5) is 28.9. The number of fused-ring (bicyclic) bond motifs is 4. The van der Waals surface area contributed by atoms with Gasteiger partial charge in [-0.3, -0.25) is 4.79 Å². The summed E-state index contributed by atoms with van der Waals surface area (Å²) in [5, 5.41) is 22.2. The number of ketones is 1. The van der Waals surface area contributed by atoms with Crippen LogP contribution in [0.1, 0.15) is 66.2 Å². The summed E-state index contributed by atoms with van der Waals surface area (Å²) < 4.78 is 6.00. The van der Waals surface area contributed by atoms with Crippen LogP contribution in [0.4, 0.5) is 0 Å². The van der Waals surface area contributed by atoms with Gasteiger partial charge in [-0.05, 0) is 62.9 Å². The number of esters is 1. The van der Waals surface area contributed by atoms with Gasteiger partial charge in [0.25, 0.3) is 0 Å². The first-order valence-corrected chi connectivity index (χ1v) is 12.2. The fourth-order valence-electron chi connectivity index (χ4n) is 7.69. The molecule has 0 amide bonds. The van der Waals surface area contributed by atoms with Gasteiger partial charge in [-0.15, -0.1) is 0 Å². The van der Waals surface area contributed by atoms with Gasteiger partial charge >= 0.3 is 5.97 Å². The third kappa shape index (κ3) is 2.68. The van der Waals surface area contributed by atoms with Crippen molar-refractivity contribution in [3.8, 4) is 0 Å². The van der Waals surface area contributed by atoms with E-state index in [1.807, 2.05) is 13.8 Å². The lowest BCUT2D eigenvalue weighted by Gasteiger charge is -2.54. The Morgan fingerprint density at radius 3 is 2.53 bits per heavy atom. The molecule has 3 aliphatic carbocycles. The molecule has 2 aliphatic heterocycles. The molecule has 2 N–H and O–H groups in total. The van der Waals surface area contributed by atoms with Gasteiger partial charge in [-0.1, -0.05) is 20.8 Å². The van der Waals surface area contributed by atoms with Crippen molar-refractivity contribution < 1.29 is 24.5 Å². The Hall–Kier alpha value is -2.08. The van der Waals surface area contributed by atoms with Crippen LogP contribution in [-0.4, -0.2) is 52.2 Å². The summed E-state index contributed by atoms with van der Waals surface area (Å²) in [5.41, 5.74) is 1.33. The summed E-state index contributed by atoms with van der Waals surface area (Å²) >= 11 is 0. The van der Waals surface area contributed by atoms with Crippen LogP contribution in [0.15, 0.2) is 34.3 Å². The Morgan fingerprint density at radius 1 is 1.19 bits per heavy atom. The Bertz CT molecular complexity index is 971. The van der Waals surface area contributed by atoms with E-state index >= 15 is 0 Å². The molecule has 2 saturated heterocycles. The number of rotatable bonds is 2. The zero-order valence-electron chi connectivity index (χ0n) is 19.6. The lowest BCUT2D eigenvalue weighted by molar-refractivity contribution is -0.153. The normalized spacial score (nSPS) is 42.9. The number of aliphatic hydroxyl groups excluding tert-OH is 2. The van der Waals surface area contributed by atoms with Gasteiger partial charge in [0.05, 0.1) is 17.1 Å². The van der Waals surface area contributed by atoms with E-state index in [1.165, 1.54) is 0 Å². The van der Waals surface area contributed by atoms with Gasteiger partial charge in [0.15, 0.2) is 5.76 Å². The maximum atomic E-state index is 13.7. The van der Waals surface area contributed by atoms with Crippen LogP contribution in [0.3, 0.4) is 0 Å². The molecule has 5 rings (SSSR count). The number of hydrogen-bond acceptors (Lipinski definition) is 6. The van der Waals surface area contributed by atoms with E-state index < -0.39 is 23.6 Å². The molecule has 6 nitrogen and oxygen atoms in total. The number of cyclic esters (lactones) is 1. The highest BCUT2D eigenvalue weighted by molar-refractivity contribution is 6.13. The molecule has 6 atom stereocenters. The van der Waals surface area contributed by atoms with E-state index in [0.29, 0.717) is 29.6 Å². The number of ether oxygens (including phenoxy) is 1. The average molecular weight is 442 g/mol. The average Bonchev–Trinajstić information content (AvgIpc) is 3.35. The summed E-state index contributed by atoms with van der Waals surface area (Å²) in [5.74, 6) is -1.16. The maximum absolute atomic E-state index is 13.7. The predicted octanol–water partition coefficient (Wildman–Crippen LogP) is 3.82.